The molecule has 0 saturated heterocycles. The number of nitrogens with one attached hydrogen (secondary N) is 1. The molecule has 0 aliphatic heterocycles. The Labute approximate surface area is 121 Å². The molecular weight excluding hydrogens is 248 g/mol. The minimum absolute atomic E-state index is 0.189. The predicted octanol–water partition coefficient (Wildman–Crippen LogP) is 3.47. The van der Waals surface area contributed by atoms with Gasteiger partial charge in [0.2, 0.25) is 0 Å². The van der Waals surface area contributed by atoms with Gasteiger partial charge in [-0.15, -0.1) is 0 Å². The molecule has 0 bridgehead atoms. The normalized spacial score (nSPS) is 10.8. The molecule has 0 spiro atoms. The minimum atomic E-state index is 0.189. The highest BCUT2D eigenvalue weighted by atomic mass is 16.5. The Hall–Kier alpha value is -1.87. The zero-order valence-corrected chi connectivity index (χ0v) is 12.4. The summed E-state index contributed by atoms with van der Waals surface area (Å²) in [5.41, 5.74) is 3.29. The Balaban J connectivity index is 1.94. The number of para-hydroxylation sites is 1. The van der Waals surface area contributed by atoms with Crippen LogP contribution in [0.3, 0.4) is 0 Å². The second-order valence-corrected chi connectivity index (χ2v) is 5.15. The van der Waals surface area contributed by atoms with E-state index in [-0.39, 0.29) is 6.10 Å². The molecule has 0 amide bonds. The number of aromatic nitrogens is 1. The Morgan fingerprint density at radius 1 is 1.05 bits per heavy atom. The lowest BCUT2D eigenvalue weighted by atomic mass is 10.2. The monoisotopic (exact) mass is 270 g/mol. The molecule has 0 atom stereocenters. The van der Waals surface area contributed by atoms with Gasteiger partial charge < -0.3 is 10.1 Å². The molecule has 3 nitrogen and oxygen atoms in total. The summed E-state index contributed by atoms with van der Waals surface area (Å²) >= 11 is 0. The van der Waals surface area contributed by atoms with Crippen LogP contribution in [0.4, 0.5) is 0 Å². The van der Waals surface area contributed by atoms with Gasteiger partial charge in [0.25, 0.3) is 0 Å². The summed E-state index contributed by atoms with van der Waals surface area (Å²) in [5, 5.41) is 3.42. The van der Waals surface area contributed by atoms with Crippen LogP contribution >= 0.6 is 0 Å². The summed E-state index contributed by atoms with van der Waals surface area (Å²) in [6.07, 6.45) is 0.189. The maximum atomic E-state index is 5.81. The van der Waals surface area contributed by atoms with Crippen molar-refractivity contribution in [1.82, 2.24) is 10.3 Å². The maximum absolute atomic E-state index is 5.81. The van der Waals surface area contributed by atoms with Gasteiger partial charge in [-0.3, -0.25) is 4.98 Å². The molecule has 1 heterocycles. The van der Waals surface area contributed by atoms with Crippen molar-refractivity contribution in [3.63, 3.8) is 0 Å². The van der Waals surface area contributed by atoms with E-state index < -0.39 is 0 Å². The SMILES string of the molecule is Cc1cccc(CNCc2ccccc2OC(C)C)n1. The third-order valence-corrected chi connectivity index (χ3v) is 2.90. The van der Waals surface area contributed by atoms with E-state index in [1.165, 1.54) is 5.56 Å². The minimum Gasteiger partial charge on any atom is -0.491 e. The number of aryl methyl sites for hydroxylation is 1. The number of benzene rings is 1. The van der Waals surface area contributed by atoms with Crippen molar-refractivity contribution in [2.75, 3.05) is 0 Å². The zero-order chi connectivity index (χ0) is 14.4. The van der Waals surface area contributed by atoms with Crippen molar-refractivity contribution in [3.8, 4) is 5.75 Å². The Morgan fingerprint density at radius 3 is 2.60 bits per heavy atom. The standard InChI is InChI=1S/C17H22N2O/c1-13(2)20-17-10-5-4-8-15(17)11-18-12-16-9-6-7-14(3)19-16/h4-10,13,18H,11-12H2,1-3H3. The van der Waals surface area contributed by atoms with E-state index in [0.29, 0.717) is 0 Å². The van der Waals surface area contributed by atoms with Crippen LogP contribution in [-0.2, 0) is 13.1 Å². The molecule has 2 rings (SSSR count). The summed E-state index contributed by atoms with van der Waals surface area (Å²) in [4.78, 5) is 4.48. The molecule has 106 valence electrons. The van der Waals surface area contributed by atoms with Crippen molar-refractivity contribution in [1.29, 1.82) is 0 Å². The third-order valence-electron chi connectivity index (χ3n) is 2.90. The first-order chi connectivity index (χ1) is 9.65. The molecule has 1 aromatic carbocycles. The van der Waals surface area contributed by atoms with E-state index >= 15 is 0 Å². The fourth-order valence-electron chi connectivity index (χ4n) is 2.04. The van der Waals surface area contributed by atoms with Crippen LogP contribution in [-0.4, -0.2) is 11.1 Å². The van der Waals surface area contributed by atoms with Crippen LogP contribution in [0.15, 0.2) is 42.5 Å². The number of nitrogens with zero attached hydrogens (tertiary/aromatic N) is 1. The van der Waals surface area contributed by atoms with Crippen molar-refractivity contribution in [2.45, 2.75) is 40.0 Å². The molecule has 1 aromatic heterocycles. The van der Waals surface area contributed by atoms with Crippen LogP contribution in [0.1, 0.15) is 30.8 Å². The lowest BCUT2D eigenvalue weighted by Crippen LogP contribution is -2.15. The number of rotatable bonds is 6. The average Bonchev–Trinajstić information content (AvgIpc) is 2.40. The lowest BCUT2D eigenvalue weighted by Gasteiger charge is -2.14. The topological polar surface area (TPSA) is 34.1 Å². The van der Waals surface area contributed by atoms with Crippen molar-refractivity contribution in [2.24, 2.45) is 0 Å². The number of ether oxygens (including phenoxy) is 1. The van der Waals surface area contributed by atoms with Gasteiger partial charge in [0, 0.05) is 24.3 Å². The highest BCUT2D eigenvalue weighted by Gasteiger charge is 2.04. The van der Waals surface area contributed by atoms with Crippen molar-refractivity contribution in [3.05, 3.63) is 59.4 Å². The van der Waals surface area contributed by atoms with Crippen LogP contribution < -0.4 is 10.1 Å². The first kappa shape index (κ1) is 14.5. The Kier molecular flexibility index (Phi) is 5.13. The fourth-order valence-corrected chi connectivity index (χ4v) is 2.04. The van der Waals surface area contributed by atoms with E-state index in [4.69, 9.17) is 4.74 Å². The van der Waals surface area contributed by atoms with E-state index in [2.05, 4.69) is 16.4 Å². The molecule has 0 fully saturated rings. The lowest BCUT2D eigenvalue weighted by molar-refractivity contribution is 0.239. The van der Waals surface area contributed by atoms with E-state index in [9.17, 15) is 0 Å². The number of hydrogen-bond donors (Lipinski definition) is 1. The summed E-state index contributed by atoms with van der Waals surface area (Å²) in [6, 6.07) is 14.2. The molecule has 1 N–H and O–H groups in total. The fraction of sp³-hybridized carbons (Fsp3) is 0.353. The number of pyridine rings is 1. The summed E-state index contributed by atoms with van der Waals surface area (Å²) < 4.78 is 5.81. The van der Waals surface area contributed by atoms with Gasteiger partial charge in [-0.05, 0) is 39.0 Å². The Morgan fingerprint density at radius 2 is 1.85 bits per heavy atom. The Bertz CT molecular complexity index is 552. The van der Waals surface area contributed by atoms with Crippen molar-refractivity contribution < 1.29 is 4.74 Å². The molecule has 3 heteroatoms. The molecule has 0 aliphatic carbocycles. The molecule has 0 saturated carbocycles. The van der Waals surface area contributed by atoms with Crippen LogP contribution in [0, 0.1) is 6.92 Å². The van der Waals surface area contributed by atoms with Crippen LogP contribution in [0.25, 0.3) is 0 Å². The van der Waals surface area contributed by atoms with E-state index in [1.54, 1.807) is 0 Å². The summed E-state index contributed by atoms with van der Waals surface area (Å²) in [5.74, 6) is 0.951. The second kappa shape index (κ2) is 7.06. The quantitative estimate of drug-likeness (QED) is 0.872. The second-order valence-electron chi connectivity index (χ2n) is 5.15. The molecule has 0 radical (unpaired) electrons. The first-order valence-electron chi connectivity index (χ1n) is 7.03. The summed E-state index contributed by atoms with van der Waals surface area (Å²) in [7, 11) is 0. The first-order valence-corrected chi connectivity index (χ1v) is 7.03. The predicted molar refractivity (Wildman–Crippen MR) is 81.7 cm³/mol. The van der Waals surface area contributed by atoms with Gasteiger partial charge >= 0.3 is 0 Å². The smallest absolute Gasteiger partial charge is 0.124 e. The molecule has 20 heavy (non-hydrogen) atoms. The zero-order valence-electron chi connectivity index (χ0n) is 12.4. The van der Waals surface area contributed by atoms with Gasteiger partial charge in [0.15, 0.2) is 0 Å². The van der Waals surface area contributed by atoms with E-state index in [0.717, 1.165) is 30.2 Å². The van der Waals surface area contributed by atoms with Crippen LogP contribution in [0.5, 0.6) is 5.75 Å². The largest absolute Gasteiger partial charge is 0.491 e. The van der Waals surface area contributed by atoms with Gasteiger partial charge in [0.05, 0.1) is 11.8 Å². The average molecular weight is 270 g/mol. The van der Waals surface area contributed by atoms with Gasteiger partial charge in [-0.1, -0.05) is 24.3 Å². The number of hydrogen-bond acceptors (Lipinski definition) is 3. The summed E-state index contributed by atoms with van der Waals surface area (Å²) in [6.45, 7) is 7.63. The van der Waals surface area contributed by atoms with Gasteiger partial charge in [0.1, 0.15) is 5.75 Å². The molecule has 2 aromatic rings. The van der Waals surface area contributed by atoms with Gasteiger partial charge in [-0.25, -0.2) is 0 Å². The van der Waals surface area contributed by atoms with Crippen molar-refractivity contribution >= 4 is 0 Å². The molecule has 0 unspecified atom stereocenters. The molecular formula is C17H22N2O. The highest BCUT2D eigenvalue weighted by molar-refractivity contribution is 5.33. The maximum Gasteiger partial charge on any atom is 0.124 e. The molecule has 0 aliphatic rings. The van der Waals surface area contributed by atoms with Gasteiger partial charge in [-0.2, -0.15) is 0 Å². The van der Waals surface area contributed by atoms with Crippen LogP contribution in [0.2, 0.25) is 0 Å². The highest BCUT2D eigenvalue weighted by Crippen LogP contribution is 2.19. The third kappa shape index (κ3) is 4.35. The van der Waals surface area contributed by atoms with E-state index in [1.807, 2.05) is 57.2 Å².